The molecule has 2 atom stereocenters. The first-order valence-electron chi connectivity index (χ1n) is 4.90. The Balaban J connectivity index is 2.54. The number of hydrogen-bond donors (Lipinski definition) is 1. The lowest BCUT2D eigenvalue weighted by Crippen LogP contribution is -2.39. The molecule has 0 saturated heterocycles. The minimum absolute atomic E-state index is 0.0676. The summed E-state index contributed by atoms with van der Waals surface area (Å²) >= 11 is 1.53. The third kappa shape index (κ3) is 3.28. The molecule has 0 radical (unpaired) electrons. The van der Waals surface area contributed by atoms with Crippen molar-refractivity contribution >= 4 is 17.2 Å². The van der Waals surface area contributed by atoms with E-state index in [4.69, 9.17) is 5.73 Å². The van der Waals surface area contributed by atoms with E-state index in [9.17, 15) is 4.79 Å². The first-order valence-corrected chi connectivity index (χ1v) is 5.84. The smallest absolute Gasteiger partial charge is 0.227 e. The summed E-state index contributed by atoms with van der Waals surface area (Å²) in [4.78, 5) is 17.6. The second-order valence-electron chi connectivity index (χ2n) is 3.82. The van der Waals surface area contributed by atoms with Crippen LogP contribution in [0.4, 0.5) is 0 Å². The van der Waals surface area contributed by atoms with Crippen molar-refractivity contribution in [2.24, 2.45) is 11.7 Å². The molecule has 4 nitrogen and oxygen atoms in total. The highest BCUT2D eigenvalue weighted by molar-refractivity contribution is 7.07. The SMILES string of the molecule is CC(N)C(C)C(=O)N(C)Cc1cscn1. The van der Waals surface area contributed by atoms with Gasteiger partial charge in [-0.3, -0.25) is 4.79 Å². The van der Waals surface area contributed by atoms with E-state index < -0.39 is 0 Å². The van der Waals surface area contributed by atoms with Crippen LogP contribution in [-0.4, -0.2) is 28.9 Å². The molecule has 0 aliphatic rings. The predicted molar refractivity (Wildman–Crippen MR) is 61.4 cm³/mol. The van der Waals surface area contributed by atoms with Crippen molar-refractivity contribution in [2.75, 3.05) is 7.05 Å². The molecule has 0 saturated carbocycles. The molecular formula is C10H17N3OS. The summed E-state index contributed by atoms with van der Waals surface area (Å²) in [7, 11) is 1.78. The van der Waals surface area contributed by atoms with Gasteiger partial charge in [-0.25, -0.2) is 4.98 Å². The van der Waals surface area contributed by atoms with Crippen LogP contribution in [0.25, 0.3) is 0 Å². The van der Waals surface area contributed by atoms with Gasteiger partial charge in [-0.15, -0.1) is 11.3 Å². The molecule has 84 valence electrons. The lowest BCUT2D eigenvalue weighted by Gasteiger charge is -2.22. The normalized spacial score (nSPS) is 14.7. The van der Waals surface area contributed by atoms with Gasteiger partial charge < -0.3 is 10.6 Å². The van der Waals surface area contributed by atoms with Crippen molar-refractivity contribution in [3.8, 4) is 0 Å². The Morgan fingerprint density at radius 3 is 2.80 bits per heavy atom. The van der Waals surface area contributed by atoms with Gasteiger partial charge in [0, 0.05) is 18.5 Å². The van der Waals surface area contributed by atoms with Crippen LogP contribution in [0.2, 0.25) is 0 Å². The van der Waals surface area contributed by atoms with Crippen molar-refractivity contribution in [2.45, 2.75) is 26.4 Å². The van der Waals surface area contributed by atoms with Crippen molar-refractivity contribution in [3.63, 3.8) is 0 Å². The van der Waals surface area contributed by atoms with Crippen LogP contribution in [0.15, 0.2) is 10.9 Å². The Morgan fingerprint density at radius 1 is 1.67 bits per heavy atom. The average molecular weight is 227 g/mol. The van der Waals surface area contributed by atoms with E-state index in [2.05, 4.69) is 4.98 Å². The van der Waals surface area contributed by atoms with Crippen LogP contribution in [0, 0.1) is 5.92 Å². The molecule has 1 rings (SSSR count). The van der Waals surface area contributed by atoms with Gasteiger partial charge in [0.1, 0.15) is 0 Å². The van der Waals surface area contributed by atoms with Gasteiger partial charge in [0.15, 0.2) is 0 Å². The van der Waals surface area contributed by atoms with E-state index in [1.54, 1.807) is 17.5 Å². The quantitative estimate of drug-likeness (QED) is 0.837. The van der Waals surface area contributed by atoms with Gasteiger partial charge in [-0.2, -0.15) is 0 Å². The van der Waals surface area contributed by atoms with Gasteiger partial charge in [-0.05, 0) is 6.92 Å². The highest BCUT2D eigenvalue weighted by Gasteiger charge is 2.20. The molecule has 2 N–H and O–H groups in total. The van der Waals surface area contributed by atoms with Crippen LogP contribution in [0.5, 0.6) is 0 Å². The largest absolute Gasteiger partial charge is 0.340 e. The zero-order valence-corrected chi connectivity index (χ0v) is 10.1. The van der Waals surface area contributed by atoms with E-state index in [0.29, 0.717) is 6.54 Å². The number of nitrogens with zero attached hydrogens (tertiary/aromatic N) is 2. The van der Waals surface area contributed by atoms with Gasteiger partial charge in [0.2, 0.25) is 5.91 Å². The summed E-state index contributed by atoms with van der Waals surface area (Å²) in [6.07, 6.45) is 0. The Kier molecular flexibility index (Phi) is 4.23. The topological polar surface area (TPSA) is 59.2 Å². The Morgan fingerprint density at radius 2 is 2.33 bits per heavy atom. The molecule has 0 spiro atoms. The third-order valence-electron chi connectivity index (χ3n) is 2.44. The number of thiazole rings is 1. The maximum Gasteiger partial charge on any atom is 0.227 e. The van der Waals surface area contributed by atoms with Crippen LogP contribution in [0.1, 0.15) is 19.5 Å². The summed E-state index contributed by atoms with van der Waals surface area (Å²) in [5.74, 6) is -0.0772. The minimum Gasteiger partial charge on any atom is -0.340 e. The standard InChI is InChI=1S/C10H17N3OS/c1-7(8(2)11)10(14)13(3)4-9-5-15-6-12-9/h5-8H,4,11H2,1-3H3. The number of nitrogens with two attached hydrogens (primary N) is 1. The Bertz CT molecular complexity index is 310. The molecule has 0 aliphatic heterocycles. The van der Waals surface area contributed by atoms with Gasteiger partial charge in [-0.1, -0.05) is 6.92 Å². The molecule has 5 heteroatoms. The first kappa shape index (κ1) is 12.1. The molecule has 1 aromatic heterocycles. The fourth-order valence-corrected chi connectivity index (χ4v) is 1.76. The molecule has 1 aromatic rings. The van der Waals surface area contributed by atoms with Crippen molar-refractivity contribution in [1.29, 1.82) is 0 Å². The fraction of sp³-hybridized carbons (Fsp3) is 0.600. The monoisotopic (exact) mass is 227 g/mol. The minimum atomic E-state index is -0.145. The van der Waals surface area contributed by atoms with E-state index in [1.807, 2.05) is 19.2 Å². The summed E-state index contributed by atoms with van der Waals surface area (Å²) in [5, 5.41) is 1.94. The Hall–Kier alpha value is -0.940. The summed E-state index contributed by atoms with van der Waals surface area (Å²) in [6.45, 7) is 4.25. The molecule has 0 aliphatic carbocycles. The summed E-state index contributed by atoms with van der Waals surface area (Å²) < 4.78 is 0. The number of aromatic nitrogens is 1. The van der Waals surface area contributed by atoms with E-state index in [1.165, 1.54) is 11.3 Å². The molecular weight excluding hydrogens is 210 g/mol. The second-order valence-corrected chi connectivity index (χ2v) is 4.54. The van der Waals surface area contributed by atoms with Gasteiger partial charge in [0.25, 0.3) is 0 Å². The highest BCUT2D eigenvalue weighted by Crippen LogP contribution is 2.09. The zero-order valence-electron chi connectivity index (χ0n) is 9.30. The van der Waals surface area contributed by atoms with Gasteiger partial charge >= 0.3 is 0 Å². The molecule has 1 heterocycles. The number of amides is 1. The van der Waals surface area contributed by atoms with Crippen molar-refractivity contribution in [1.82, 2.24) is 9.88 Å². The van der Waals surface area contributed by atoms with Gasteiger partial charge in [0.05, 0.1) is 23.7 Å². The van der Waals surface area contributed by atoms with E-state index >= 15 is 0 Å². The third-order valence-corrected chi connectivity index (χ3v) is 3.07. The second kappa shape index (κ2) is 5.23. The highest BCUT2D eigenvalue weighted by atomic mass is 32.1. The number of carbonyl (C=O) groups excluding carboxylic acids is 1. The number of rotatable bonds is 4. The molecule has 0 aromatic carbocycles. The maximum atomic E-state index is 11.8. The zero-order chi connectivity index (χ0) is 11.4. The molecule has 0 fully saturated rings. The lowest BCUT2D eigenvalue weighted by atomic mass is 10.0. The van der Waals surface area contributed by atoms with Crippen LogP contribution in [0.3, 0.4) is 0 Å². The lowest BCUT2D eigenvalue weighted by molar-refractivity contribution is -0.134. The molecule has 0 bridgehead atoms. The number of hydrogen-bond acceptors (Lipinski definition) is 4. The summed E-state index contributed by atoms with van der Waals surface area (Å²) in [5.41, 5.74) is 8.38. The average Bonchev–Trinajstić information content (AvgIpc) is 2.67. The molecule has 15 heavy (non-hydrogen) atoms. The molecule has 2 unspecified atom stereocenters. The van der Waals surface area contributed by atoms with E-state index in [-0.39, 0.29) is 17.9 Å². The fourth-order valence-electron chi connectivity index (χ4n) is 1.21. The Labute approximate surface area is 94.1 Å². The van der Waals surface area contributed by atoms with Crippen LogP contribution in [-0.2, 0) is 11.3 Å². The van der Waals surface area contributed by atoms with Crippen LogP contribution >= 0.6 is 11.3 Å². The van der Waals surface area contributed by atoms with Crippen molar-refractivity contribution in [3.05, 3.63) is 16.6 Å². The predicted octanol–water partition coefficient (Wildman–Crippen LogP) is 1.08. The van der Waals surface area contributed by atoms with Crippen molar-refractivity contribution < 1.29 is 4.79 Å². The van der Waals surface area contributed by atoms with Crippen LogP contribution < -0.4 is 5.73 Å². The first-order chi connectivity index (χ1) is 7.02. The van der Waals surface area contributed by atoms with E-state index in [0.717, 1.165) is 5.69 Å². The number of carbonyl (C=O) groups is 1. The molecule has 1 amide bonds. The maximum absolute atomic E-state index is 11.8. The summed E-state index contributed by atoms with van der Waals surface area (Å²) in [6, 6.07) is -0.115.